The van der Waals surface area contributed by atoms with E-state index in [9.17, 15) is 5.11 Å². The molecule has 0 atom stereocenters. The second kappa shape index (κ2) is 3.71. The molecule has 0 bridgehead atoms. The Morgan fingerprint density at radius 2 is 1.75 bits per heavy atom. The number of aromatic hydroxyl groups is 1. The van der Waals surface area contributed by atoms with Gasteiger partial charge in [-0.05, 0) is 48.6 Å². The highest BCUT2D eigenvalue weighted by molar-refractivity contribution is 5.92. The van der Waals surface area contributed by atoms with Crippen LogP contribution in [0.5, 0.6) is 5.75 Å². The highest BCUT2D eigenvalue weighted by Gasteiger charge is 2.07. The molecule has 0 aromatic heterocycles. The molecule has 0 saturated carbocycles. The minimum absolute atomic E-state index is 0.403. The van der Waals surface area contributed by atoms with Crippen molar-refractivity contribution in [2.45, 2.75) is 13.8 Å². The third-order valence-corrected chi connectivity index (χ3v) is 3.13. The first-order chi connectivity index (χ1) is 7.50. The summed E-state index contributed by atoms with van der Waals surface area (Å²) in [5.74, 6) is 0.403. The van der Waals surface area contributed by atoms with Crippen molar-refractivity contribution in [3.63, 3.8) is 0 Å². The Morgan fingerprint density at radius 3 is 2.38 bits per heavy atom. The zero-order chi connectivity index (χ0) is 11.9. The first-order valence-corrected chi connectivity index (χ1v) is 5.41. The van der Waals surface area contributed by atoms with Gasteiger partial charge in [0.05, 0.1) is 0 Å². The van der Waals surface area contributed by atoms with Crippen molar-refractivity contribution in [1.82, 2.24) is 0 Å². The van der Waals surface area contributed by atoms with E-state index in [1.54, 1.807) is 0 Å². The summed E-state index contributed by atoms with van der Waals surface area (Å²) in [6.45, 7) is 3.97. The Balaban J connectivity index is 2.76. The molecule has 2 nitrogen and oxygen atoms in total. The van der Waals surface area contributed by atoms with Gasteiger partial charge >= 0.3 is 0 Å². The Kier molecular flexibility index (Phi) is 2.50. The molecule has 0 saturated heterocycles. The quantitative estimate of drug-likeness (QED) is 0.789. The fourth-order valence-electron chi connectivity index (χ4n) is 1.89. The van der Waals surface area contributed by atoms with Crippen molar-refractivity contribution < 1.29 is 5.11 Å². The van der Waals surface area contributed by atoms with Crippen LogP contribution in [0.1, 0.15) is 11.1 Å². The van der Waals surface area contributed by atoms with Crippen LogP contribution in [0.25, 0.3) is 10.8 Å². The van der Waals surface area contributed by atoms with Gasteiger partial charge in [0, 0.05) is 25.2 Å². The molecule has 2 aromatic rings. The molecule has 0 spiro atoms. The van der Waals surface area contributed by atoms with E-state index < -0.39 is 0 Å². The summed E-state index contributed by atoms with van der Waals surface area (Å²) in [6, 6.07) is 8.22. The van der Waals surface area contributed by atoms with Crippen LogP contribution in [0.3, 0.4) is 0 Å². The van der Waals surface area contributed by atoms with Crippen molar-refractivity contribution in [2.24, 2.45) is 0 Å². The summed E-state index contributed by atoms with van der Waals surface area (Å²) in [7, 11) is 4.03. The molecule has 2 rings (SSSR count). The highest BCUT2D eigenvalue weighted by atomic mass is 16.3. The number of nitrogens with zero attached hydrogens (tertiary/aromatic N) is 1. The van der Waals surface area contributed by atoms with Gasteiger partial charge in [0.25, 0.3) is 0 Å². The number of anilines is 1. The van der Waals surface area contributed by atoms with E-state index in [4.69, 9.17) is 0 Å². The first-order valence-electron chi connectivity index (χ1n) is 5.41. The summed E-state index contributed by atoms with van der Waals surface area (Å²) >= 11 is 0. The Morgan fingerprint density at radius 1 is 1.06 bits per heavy atom. The highest BCUT2D eigenvalue weighted by Crippen LogP contribution is 2.32. The summed E-state index contributed by atoms with van der Waals surface area (Å²) in [6.07, 6.45) is 0. The van der Waals surface area contributed by atoms with E-state index in [2.05, 4.69) is 17.0 Å². The SMILES string of the molecule is Cc1cc2cc(N(C)C)ccc2c(O)c1C. The molecule has 0 fully saturated rings. The molecule has 1 N–H and O–H groups in total. The minimum Gasteiger partial charge on any atom is -0.507 e. The lowest BCUT2D eigenvalue weighted by Gasteiger charge is -2.14. The van der Waals surface area contributed by atoms with Gasteiger partial charge in [-0.3, -0.25) is 0 Å². The second-order valence-corrected chi connectivity index (χ2v) is 4.47. The van der Waals surface area contributed by atoms with Crippen LogP contribution >= 0.6 is 0 Å². The second-order valence-electron chi connectivity index (χ2n) is 4.47. The molecule has 84 valence electrons. The molecule has 0 heterocycles. The monoisotopic (exact) mass is 215 g/mol. The average molecular weight is 215 g/mol. The molecule has 0 aliphatic carbocycles. The Labute approximate surface area is 96.1 Å². The van der Waals surface area contributed by atoms with Crippen molar-refractivity contribution >= 4 is 16.5 Å². The van der Waals surface area contributed by atoms with E-state index in [1.807, 2.05) is 40.1 Å². The zero-order valence-corrected chi connectivity index (χ0v) is 10.2. The number of hydrogen-bond acceptors (Lipinski definition) is 2. The number of rotatable bonds is 1. The van der Waals surface area contributed by atoms with Crippen LogP contribution in [0.4, 0.5) is 5.69 Å². The van der Waals surface area contributed by atoms with Crippen LogP contribution in [-0.4, -0.2) is 19.2 Å². The third-order valence-electron chi connectivity index (χ3n) is 3.13. The van der Waals surface area contributed by atoms with Crippen LogP contribution < -0.4 is 4.90 Å². The average Bonchev–Trinajstić information content (AvgIpc) is 2.25. The summed E-state index contributed by atoms with van der Waals surface area (Å²) in [4.78, 5) is 2.06. The smallest absolute Gasteiger partial charge is 0.126 e. The lowest BCUT2D eigenvalue weighted by atomic mass is 10.0. The van der Waals surface area contributed by atoms with Crippen molar-refractivity contribution in [3.8, 4) is 5.75 Å². The van der Waals surface area contributed by atoms with E-state index in [0.717, 1.165) is 27.6 Å². The van der Waals surface area contributed by atoms with Crippen LogP contribution in [-0.2, 0) is 0 Å². The topological polar surface area (TPSA) is 23.5 Å². The van der Waals surface area contributed by atoms with Gasteiger partial charge in [0.1, 0.15) is 5.75 Å². The maximum Gasteiger partial charge on any atom is 0.126 e. The number of hydrogen-bond donors (Lipinski definition) is 1. The Hall–Kier alpha value is -1.70. The number of aryl methyl sites for hydroxylation is 1. The fourth-order valence-corrected chi connectivity index (χ4v) is 1.89. The molecule has 16 heavy (non-hydrogen) atoms. The zero-order valence-electron chi connectivity index (χ0n) is 10.2. The number of phenols is 1. The largest absolute Gasteiger partial charge is 0.507 e. The maximum atomic E-state index is 10.1. The van der Waals surface area contributed by atoms with Gasteiger partial charge < -0.3 is 10.0 Å². The predicted octanol–water partition coefficient (Wildman–Crippen LogP) is 3.23. The number of phenolic OH excluding ortho intramolecular Hbond substituents is 1. The molecule has 0 amide bonds. The van der Waals surface area contributed by atoms with Crippen molar-refractivity contribution in [3.05, 3.63) is 35.4 Å². The van der Waals surface area contributed by atoms with Gasteiger partial charge in [-0.15, -0.1) is 0 Å². The van der Waals surface area contributed by atoms with E-state index in [1.165, 1.54) is 0 Å². The molecular formula is C14H17NO. The van der Waals surface area contributed by atoms with Crippen molar-refractivity contribution in [2.75, 3.05) is 19.0 Å². The van der Waals surface area contributed by atoms with Gasteiger partial charge in [-0.1, -0.05) is 6.07 Å². The Bertz CT molecular complexity index is 544. The van der Waals surface area contributed by atoms with Gasteiger partial charge in [-0.2, -0.15) is 0 Å². The van der Waals surface area contributed by atoms with E-state index in [0.29, 0.717) is 5.75 Å². The molecule has 2 aromatic carbocycles. The van der Waals surface area contributed by atoms with Gasteiger partial charge in [0.2, 0.25) is 0 Å². The lowest BCUT2D eigenvalue weighted by Crippen LogP contribution is -2.08. The van der Waals surface area contributed by atoms with E-state index >= 15 is 0 Å². The molecule has 0 unspecified atom stereocenters. The molecule has 2 heteroatoms. The summed E-state index contributed by atoms with van der Waals surface area (Å²) < 4.78 is 0. The first kappa shape index (κ1) is 10.8. The normalized spacial score (nSPS) is 10.8. The number of benzene rings is 2. The minimum atomic E-state index is 0.403. The third kappa shape index (κ3) is 1.60. The molecule has 0 aliphatic heterocycles. The maximum absolute atomic E-state index is 10.1. The standard InChI is InChI=1S/C14H17NO/c1-9-7-11-8-12(15(3)4)5-6-13(11)14(16)10(9)2/h5-8,16H,1-4H3. The molecule has 0 aliphatic rings. The lowest BCUT2D eigenvalue weighted by molar-refractivity contribution is 0.477. The summed E-state index contributed by atoms with van der Waals surface area (Å²) in [5, 5.41) is 12.1. The van der Waals surface area contributed by atoms with Gasteiger partial charge in [0.15, 0.2) is 0 Å². The number of fused-ring (bicyclic) bond motifs is 1. The van der Waals surface area contributed by atoms with Crippen LogP contribution in [0.15, 0.2) is 24.3 Å². The van der Waals surface area contributed by atoms with Crippen LogP contribution in [0.2, 0.25) is 0 Å². The molecular weight excluding hydrogens is 198 g/mol. The predicted molar refractivity (Wildman–Crippen MR) is 69.4 cm³/mol. The van der Waals surface area contributed by atoms with E-state index in [-0.39, 0.29) is 0 Å². The van der Waals surface area contributed by atoms with Crippen molar-refractivity contribution in [1.29, 1.82) is 0 Å². The van der Waals surface area contributed by atoms with Crippen LogP contribution in [0, 0.1) is 13.8 Å². The van der Waals surface area contributed by atoms with Gasteiger partial charge in [-0.25, -0.2) is 0 Å². The molecule has 0 radical (unpaired) electrons. The summed E-state index contributed by atoms with van der Waals surface area (Å²) in [5.41, 5.74) is 3.24. The fraction of sp³-hybridized carbons (Fsp3) is 0.286.